The van der Waals surface area contributed by atoms with Crippen molar-refractivity contribution in [2.75, 3.05) is 45.9 Å². The second kappa shape index (κ2) is 8.04. The van der Waals surface area contributed by atoms with Crippen molar-refractivity contribution < 1.29 is 17.9 Å². The lowest BCUT2D eigenvalue weighted by molar-refractivity contribution is 0.0291. The molecule has 0 bridgehead atoms. The Labute approximate surface area is 92.1 Å². The molecule has 0 aromatic rings. The Morgan fingerprint density at radius 3 is 2.47 bits per heavy atom. The smallest absolute Gasteiger partial charge is 0.147 e. The van der Waals surface area contributed by atoms with E-state index in [0.717, 1.165) is 0 Å². The Kier molecular flexibility index (Phi) is 7.95. The molecule has 6 heteroatoms. The van der Waals surface area contributed by atoms with Crippen LogP contribution < -0.4 is 5.32 Å². The zero-order valence-electron chi connectivity index (χ0n) is 9.65. The topological polar surface area (TPSA) is 64.6 Å². The Balaban J connectivity index is 3.44. The molecule has 0 aromatic heterocycles. The molecule has 15 heavy (non-hydrogen) atoms. The highest BCUT2D eigenvalue weighted by atomic mass is 32.2. The van der Waals surface area contributed by atoms with E-state index < -0.39 is 9.84 Å². The molecule has 0 aliphatic carbocycles. The Hall–Kier alpha value is -0.170. The van der Waals surface area contributed by atoms with Gasteiger partial charge in [0.2, 0.25) is 0 Å². The number of ether oxygens (including phenoxy) is 2. The number of rotatable bonds is 9. The highest BCUT2D eigenvalue weighted by Gasteiger charge is 2.06. The molecule has 0 rings (SSSR count). The standard InChI is InChI=1S/C9H21NO4S/c1-13-8-9(14-2)7-10-5-4-6-15(3,11)12/h9-10H,4-8H2,1-3H3. The normalized spacial score (nSPS) is 14.1. The van der Waals surface area contributed by atoms with Crippen LogP contribution in [0.15, 0.2) is 0 Å². The van der Waals surface area contributed by atoms with Crippen LogP contribution in [0.2, 0.25) is 0 Å². The van der Waals surface area contributed by atoms with E-state index in [-0.39, 0.29) is 11.9 Å². The first-order valence-electron chi connectivity index (χ1n) is 4.89. The molecule has 1 N–H and O–H groups in total. The molecule has 0 aliphatic rings. The highest BCUT2D eigenvalue weighted by molar-refractivity contribution is 7.90. The summed E-state index contributed by atoms with van der Waals surface area (Å²) in [6.07, 6.45) is 1.89. The Morgan fingerprint density at radius 2 is 2.00 bits per heavy atom. The summed E-state index contributed by atoms with van der Waals surface area (Å²) >= 11 is 0. The van der Waals surface area contributed by atoms with Gasteiger partial charge in [-0.2, -0.15) is 0 Å². The zero-order valence-corrected chi connectivity index (χ0v) is 10.5. The van der Waals surface area contributed by atoms with Crippen LogP contribution in [-0.2, 0) is 19.3 Å². The Morgan fingerprint density at radius 1 is 1.33 bits per heavy atom. The third-order valence-corrected chi connectivity index (χ3v) is 2.96. The number of methoxy groups -OCH3 is 2. The van der Waals surface area contributed by atoms with Crippen LogP contribution in [0.5, 0.6) is 0 Å². The molecule has 92 valence electrons. The molecule has 1 atom stereocenters. The van der Waals surface area contributed by atoms with Crippen molar-refractivity contribution >= 4 is 9.84 Å². The summed E-state index contributed by atoms with van der Waals surface area (Å²) in [5, 5.41) is 3.12. The maximum atomic E-state index is 10.8. The minimum Gasteiger partial charge on any atom is -0.382 e. The van der Waals surface area contributed by atoms with Gasteiger partial charge in [-0.25, -0.2) is 8.42 Å². The fraction of sp³-hybridized carbons (Fsp3) is 1.00. The molecular weight excluding hydrogens is 218 g/mol. The summed E-state index contributed by atoms with van der Waals surface area (Å²) < 4.78 is 31.7. The lowest BCUT2D eigenvalue weighted by atomic mass is 10.3. The summed E-state index contributed by atoms with van der Waals surface area (Å²) in [5.74, 6) is 0.224. The molecule has 0 spiro atoms. The van der Waals surface area contributed by atoms with Gasteiger partial charge in [-0.3, -0.25) is 0 Å². The van der Waals surface area contributed by atoms with Gasteiger partial charge in [-0.05, 0) is 13.0 Å². The average molecular weight is 239 g/mol. The molecule has 0 aromatic carbocycles. The van der Waals surface area contributed by atoms with Crippen molar-refractivity contribution in [3.8, 4) is 0 Å². The van der Waals surface area contributed by atoms with E-state index in [9.17, 15) is 8.42 Å². The van der Waals surface area contributed by atoms with Gasteiger partial charge >= 0.3 is 0 Å². The van der Waals surface area contributed by atoms with Gasteiger partial charge in [0, 0.05) is 27.0 Å². The van der Waals surface area contributed by atoms with Gasteiger partial charge < -0.3 is 14.8 Å². The first kappa shape index (κ1) is 14.8. The van der Waals surface area contributed by atoms with Gasteiger partial charge in [0.15, 0.2) is 0 Å². The third-order valence-electron chi connectivity index (χ3n) is 1.93. The van der Waals surface area contributed by atoms with E-state index in [1.54, 1.807) is 14.2 Å². The van der Waals surface area contributed by atoms with Crippen LogP contribution in [0.3, 0.4) is 0 Å². The third kappa shape index (κ3) is 10.1. The van der Waals surface area contributed by atoms with Gasteiger partial charge in [-0.15, -0.1) is 0 Å². The predicted molar refractivity (Wildman–Crippen MR) is 59.9 cm³/mol. The molecule has 0 saturated carbocycles. The van der Waals surface area contributed by atoms with Crippen molar-refractivity contribution in [3.63, 3.8) is 0 Å². The van der Waals surface area contributed by atoms with E-state index in [0.29, 0.717) is 26.1 Å². The van der Waals surface area contributed by atoms with Crippen LogP contribution >= 0.6 is 0 Å². The molecular formula is C9H21NO4S. The van der Waals surface area contributed by atoms with E-state index in [1.807, 2.05) is 0 Å². The second-order valence-corrected chi connectivity index (χ2v) is 5.76. The van der Waals surface area contributed by atoms with E-state index in [1.165, 1.54) is 6.26 Å². The molecule has 0 aliphatic heterocycles. The minimum absolute atomic E-state index is 0.0215. The summed E-state index contributed by atoms with van der Waals surface area (Å²) in [7, 11) is 0.411. The van der Waals surface area contributed by atoms with Gasteiger partial charge in [-0.1, -0.05) is 0 Å². The summed E-state index contributed by atoms with van der Waals surface area (Å²) in [5.41, 5.74) is 0. The molecule has 0 heterocycles. The van der Waals surface area contributed by atoms with E-state index in [4.69, 9.17) is 9.47 Å². The second-order valence-electron chi connectivity index (χ2n) is 3.50. The zero-order chi connectivity index (χ0) is 11.7. The molecule has 0 amide bonds. The van der Waals surface area contributed by atoms with Crippen LogP contribution in [0, 0.1) is 0 Å². The van der Waals surface area contributed by atoms with Gasteiger partial charge in [0.25, 0.3) is 0 Å². The Bertz CT molecular complexity index is 240. The van der Waals surface area contributed by atoms with Crippen LogP contribution in [0.1, 0.15) is 6.42 Å². The molecule has 5 nitrogen and oxygen atoms in total. The minimum atomic E-state index is -2.84. The predicted octanol–water partition coefficient (Wildman–Crippen LogP) is -0.328. The van der Waals surface area contributed by atoms with E-state index in [2.05, 4.69) is 5.32 Å². The fourth-order valence-electron chi connectivity index (χ4n) is 1.12. The fourth-order valence-corrected chi connectivity index (χ4v) is 1.79. The lowest BCUT2D eigenvalue weighted by Crippen LogP contribution is -2.32. The lowest BCUT2D eigenvalue weighted by Gasteiger charge is -2.14. The molecule has 0 fully saturated rings. The van der Waals surface area contributed by atoms with Crippen molar-refractivity contribution in [1.29, 1.82) is 0 Å². The van der Waals surface area contributed by atoms with Crippen LogP contribution in [0.4, 0.5) is 0 Å². The van der Waals surface area contributed by atoms with Crippen molar-refractivity contribution in [2.24, 2.45) is 0 Å². The summed E-state index contributed by atoms with van der Waals surface area (Å²) in [6.45, 7) is 1.89. The van der Waals surface area contributed by atoms with Gasteiger partial charge in [0.05, 0.1) is 18.5 Å². The number of sulfone groups is 1. The quantitative estimate of drug-likeness (QED) is 0.558. The summed E-state index contributed by atoms with van der Waals surface area (Å²) in [4.78, 5) is 0. The first-order valence-corrected chi connectivity index (χ1v) is 6.96. The first-order chi connectivity index (χ1) is 6.99. The maximum absolute atomic E-state index is 10.8. The molecule has 0 saturated heterocycles. The highest BCUT2D eigenvalue weighted by Crippen LogP contribution is 1.90. The largest absolute Gasteiger partial charge is 0.382 e. The molecule has 1 unspecified atom stereocenters. The monoisotopic (exact) mass is 239 g/mol. The van der Waals surface area contributed by atoms with Crippen LogP contribution in [-0.4, -0.2) is 60.4 Å². The van der Waals surface area contributed by atoms with Gasteiger partial charge in [0.1, 0.15) is 9.84 Å². The van der Waals surface area contributed by atoms with Crippen molar-refractivity contribution in [1.82, 2.24) is 5.32 Å². The number of hydrogen-bond acceptors (Lipinski definition) is 5. The summed E-state index contributed by atoms with van der Waals surface area (Å²) in [6, 6.07) is 0. The average Bonchev–Trinajstić information content (AvgIpc) is 2.14. The number of hydrogen-bond donors (Lipinski definition) is 1. The number of nitrogens with one attached hydrogen (secondary N) is 1. The van der Waals surface area contributed by atoms with Crippen molar-refractivity contribution in [3.05, 3.63) is 0 Å². The van der Waals surface area contributed by atoms with E-state index >= 15 is 0 Å². The maximum Gasteiger partial charge on any atom is 0.147 e. The van der Waals surface area contributed by atoms with Crippen molar-refractivity contribution in [2.45, 2.75) is 12.5 Å². The SMILES string of the molecule is COCC(CNCCCS(C)(=O)=O)OC. The van der Waals surface area contributed by atoms with Crippen LogP contribution in [0.25, 0.3) is 0 Å². The molecule has 0 radical (unpaired) electrons.